The second-order valence-corrected chi connectivity index (χ2v) is 7.19. The molecule has 0 saturated carbocycles. The molecule has 5 heteroatoms. The van der Waals surface area contributed by atoms with Crippen LogP contribution in [0.5, 0.6) is 0 Å². The van der Waals surface area contributed by atoms with E-state index in [2.05, 4.69) is 4.98 Å². The normalized spacial score (nSPS) is 22.0. The number of hydrogen-bond acceptors (Lipinski definition) is 2. The number of pyridine rings is 1. The lowest BCUT2D eigenvalue weighted by atomic mass is 9.83. The lowest BCUT2D eigenvalue weighted by Crippen LogP contribution is -2.49. The monoisotopic (exact) mass is 333 g/mol. The van der Waals surface area contributed by atoms with Gasteiger partial charge < -0.3 is 14.5 Å². The minimum atomic E-state index is 0.0733. The van der Waals surface area contributed by atoms with Crippen LogP contribution in [0, 0.1) is 5.92 Å². The van der Waals surface area contributed by atoms with Gasteiger partial charge in [0.25, 0.3) is 11.5 Å². The van der Waals surface area contributed by atoms with Gasteiger partial charge in [0.15, 0.2) is 0 Å². The summed E-state index contributed by atoms with van der Waals surface area (Å²) >= 11 is 0. The Bertz CT molecular complexity index is 1030. The van der Waals surface area contributed by atoms with Crippen LogP contribution < -0.4 is 5.56 Å². The number of benzene rings is 1. The maximum absolute atomic E-state index is 13.0. The summed E-state index contributed by atoms with van der Waals surface area (Å²) in [6, 6.07) is 13.3. The van der Waals surface area contributed by atoms with E-state index < -0.39 is 0 Å². The number of rotatable bonds is 1. The Morgan fingerprint density at radius 1 is 1.08 bits per heavy atom. The quantitative estimate of drug-likeness (QED) is 0.744. The van der Waals surface area contributed by atoms with E-state index in [4.69, 9.17) is 0 Å². The molecular weight excluding hydrogens is 314 g/mol. The van der Waals surface area contributed by atoms with Gasteiger partial charge in [-0.2, -0.15) is 0 Å². The molecule has 5 nitrogen and oxygen atoms in total. The summed E-state index contributed by atoms with van der Waals surface area (Å²) in [5.41, 5.74) is 2.85. The number of amides is 1. The molecule has 0 spiro atoms. The van der Waals surface area contributed by atoms with Crippen LogP contribution in [0.4, 0.5) is 0 Å². The molecule has 3 aromatic rings. The van der Waals surface area contributed by atoms with Gasteiger partial charge in [-0.1, -0.05) is 12.1 Å². The highest BCUT2D eigenvalue weighted by Gasteiger charge is 2.36. The second-order valence-electron chi connectivity index (χ2n) is 7.19. The van der Waals surface area contributed by atoms with Gasteiger partial charge in [0.1, 0.15) is 0 Å². The SMILES string of the molecule is O=C(c1ccc2cc[nH]c2c1)N1C[C@@H]2C[C@H](C1)c1cccc(=O)n1C2. The van der Waals surface area contributed by atoms with Crippen molar-refractivity contribution < 1.29 is 4.79 Å². The number of carbonyl (C=O) groups excluding carboxylic acids is 1. The highest BCUT2D eigenvalue weighted by Crippen LogP contribution is 2.35. The predicted molar refractivity (Wildman–Crippen MR) is 95.8 cm³/mol. The average molecular weight is 333 g/mol. The maximum Gasteiger partial charge on any atom is 0.253 e. The summed E-state index contributed by atoms with van der Waals surface area (Å²) in [4.78, 5) is 30.3. The van der Waals surface area contributed by atoms with Gasteiger partial charge in [-0.25, -0.2) is 0 Å². The predicted octanol–water partition coefficient (Wildman–Crippen LogP) is 2.59. The first-order valence-electron chi connectivity index (χ1n) is 8.75. The first kappa shape index (κ1) is 14.5. The molecule has 5 rings (SSSR count). The van der Waals surface area contributed by atoms with Crippen molar-refractivity contribution in [3.8, 4) is 0 Å². The Balaban J connectivity index is 1.46. The number of aromatic amines is 1. The Morgan fingerprint density at radius 2 is 2.00 bits per heavy atom. The lowest BCUT2D eigenvalue weighted by molar-refractivity contribution is 0.0594. The van der Waals surface area contributed by atoms with Crippen LogP contribution in [0.25, 0.3) is 10.9 Å². The largest absolute Gasteiger partial charge is 0.361 e. The zero-order valence-electron chi connectivity index (χ0n) is 13.8. The van der Waals surface area contributed by atoms with Gasteiger partial charge in [0.05, 0.1) is 0 Å². The molecule has 2 aliphatic heterocycles. The number of nitrogens with zero attached hydrogens (tertiary/aromatic N) is 2. The molecule has 1 fully saturated rings. The van der Waals surface area contributed by atoms with E-state index in [0.29, 0.717) is 19.0 Å². The third-order valence-corrected chi connectivity index (χ3v) is 5.57. The number of aromatic nitrogens is 2. The Kier molecular flexibility index (Phi) is 3.10. The van der Waals surface area contributed by atoms with Crippen molar-refractivity contribution in [1.82, 2.24) is 14.5 Å². The van der Waals surface area contributed by atoms with Gasteiger partial charge in [0, 0.05) is 54.6 Å². The standard InChI is InChI=1S/C20H19N3O2/c24-19-3-1-2-18-16-8-13(11-23(18)19)10-22(12-16)20(25)15-5-4-14-6-7-21-17(14)9-15/h1-7,9,13,16,21H,8,10-12H2/t13-,16+/m0/s1. The summed E-state index contributed by atoms with van der Waals surface area (Å²) < 4.78 is 1.89. The zero-order valence-corrected chi connectivity index (χ0v) is 13.8. The van der Waals surface area contributed by atoms with E-state index in [1.165, 1.54) is 0 Å². The van der Waals surface area contributed by atoms with Crippen LogP contribution in [0.3, 0.4) is 0 Å². The Hall–Kier alpha value is -2.82. The molecule has 2 bridgehead atoms. The minimum absolute atomic E-state index is 0.0733. The molecule has 126 valence electrons. The second kappa shape index (κ2) is 5.34. The van der Waals surface area contributed by atoms with Crippen molar-refractivity contribution >= 4 is 16.8 Å². The summed E-state index contributed by atoms with van der Waals surface area (Å²) in [6.07, 6.45) is 2.95. The first-order chi connectivity index (χ1) is 12.2. The molecule has 2 aliphatic rings. The van der Waals surface area contributed by atoms with Crippen molar-refractivity contribution in [2.24, 2.45) is 5.92 Å². The van der Waals surface area contributed by atoms with Crippen LogP contribution in [-0.4, -0.2) is 33.4 Å². The third-order valence-electron chi connectivity index (χ3n) is 5.57. The highest BCUT2D eigenvalue weighted by atomic mass is 16.2. The molecule has 1 amide bonds. The van der Waals surface area contributed by atoms with Crippen molar-refractivity contribution in [2.45, 2.75) is 18.9 Å². The highest BCUT2D eigenvalue weighted by molar-refractivity contribution is 5.98. The number of carbonyl (C=O) groups is 1. The van der Waals surface area contributed by atoms with Crippen LogP contribution >= 0.6 is 0 Å². The van der Waals surface area contributed by atoms with Crippen molar-refractivity contribution in [1.29, 1.82) is 0 Å². The number of likely N-dealkylation sites (tertiary alicyclic amines) is 1. The van der Waals surface area contributed by atoms with E-state index in [0.717, 1.165) is 35.1 Å². The van der Waals surface area contributed by atoms with Gasteiger partial charge in [0.2, 0.25) is 0 Å². The molecule has 1 saturated heterocycles. The van der Waals surface area contributed by atoms with E-state index >= 15 is 0 Å². The van der Waals surface area contributed by atoms with Crippen molar-refractivity contribution in [3.63, 3.8) is 0 Å². The van der Waals surface area contributed by atoms with E-state index in [-0.39, 0.29) is 17.4 Å². The average Bonchev–Trinajstić information content (AvgIpc) is 3.09. The van der Waals surface area contributed by atoms with Crippen molar-refractivity contribution in [3.05, 3.63) is 70.3 Å². The molecule has 2 atom stereocenters. The summed E-state index contributed by atoms with van der Waals surface area (Å²) in [5.74, 6) is 0.682. The summed E-state index contributed by atoms with van der Waals surface area (Å²) in [7, 11) is 0. The Morgan fingerprint density at radius 3 is 2.92 bits per heavy atom. The van der Waals surface area contributed by atoms with E-state index in [1.807, 2.05) is 52.1 Å². The molecule has 0 aliphatic carbocycles. The summed E-state index contributed by atoms with van der Waals surface area (Å²) in [5, 5.41) is 1.11. The molecule has 0 radical (unpaired) electrons. The number of nitrogens with one attached hydrogen (secondary N) is 1. The molecule has 1 aromatic carbocycles. The van der Waals surface area contributed by atoms with Gasteiger partial charge in [-0.3, -0.25) is 9.59 Å². The fraction of sp³-hybridized carbons (Fsp3) is 0.300. The molecule has 1 N–H and O–H groups in total. The number of hydrogen-bond donors (Lipinski definition) is 1. The van der Waals surface area contributed by atoms with Crippen LogP contribution in [-0.2, 0) is 6.54 Å². The first-order valence-corrected chi connectivity index (χ1v) is 8.75. The lowest BCUT2D eigenvalue weighted by Gasteiger charge is -2.42. The summed E-state index contributed by atoms with van der Waals surface area (Å²) in [6.45, 7) is 2.12. The molecule has 4 heterocycles. The van der Waals surface area contributed by atoms with Gasteiger partial charge in [-0.05, 0) is 42.0 Å². The van der Waals surface area contributed by atoms with E-state index in [1.54, 1.807) is 6.07 Å². The van der Waals surface area contributed by atoms with Gasteiger partial charge in [-0.15, -0.1) is 0 Å². The van der Waals surface area contributed by atoms with Crippen LogP contribution in [0.2, 0.25) is 0 Å². The topological polar surface area (TPSA) is 58.1 Å². The third kappa shape index (κ3) is 2.30. The van der Waals surface area contributed by atoms with Gasteiger partial charge >= 0.3 is 0 Å². The molecule has 25 heavy (non-hydrogen) atoms. The molecular formula is C20H19N3O2. The van der Waals surface area contributed by atoms with Crippen LogP contribution in [0.15, 0.2) is 53.5 Å². The van der Waals surface area contributed by atoms with E-state index in [9.17, 15) is 9.59 Å². The van der Waals surface area contributed by atoms with Crippen molar-refractivity contribution in [2.75, 3.05) is 13.1 Å². The fourth-order valence-corrected chi connectivity index (χ4v) is 4.43. The molecule has 2 aromatic heterocycles. The minimum Gasteiger partial charge on any atom is -0.361 e. The maximum atomic E-state index is 13.0. The van der Waals surface area contributed by atoms with Crippen LogP contribution in [0.1, 0.15) is 28.4 Å². The number of H-pyrrole nitrogens is 1. The smallest absolute Gasteiger partial charge is 0.253 e. The zero-order chi connectivity index (χ0) is 17.0. The fourth-order valence-electron chi connectivity index (χ4n) is 4.43. The number of fused-ring (bicyclic) bond motifs is 5. The number of piperidine rings is 1. The molecule has 0 unspecified atom stereocenters. The Labute approximate surface area is 144 Å².